The molecule has 0 radical (unpaired) electrons. The van der Waals surface area contributed by atoms with Gasteiger partial charge in [0, 0.05) is 29.8 Å². The molecular weight excluding hydrogens is 575 g/mol. The van der Waals surface area contributed by atoms with E-state index in [1.807, 2.05) is 79.1 Å². The maximum atomic E-state index is 14.6. The third-order valence-electron chi connectivity index (χ3n) is 7.70. The van der Waals surface area contributed by atoms with Crippen molar-refractivity contribution in [2.24, 2.45) is 0 Å². The van der Waals surface area contributed by atoms with Crippen LogP contribution >= 0.6 is 0 Å². The number of amides is 2. The van der Waals surface area contributed by atoms with Gasteiger partial charge in [0.2, 0.25) is 5.91 Å². The maximum Gasteiger partial charge on any atom is 0.305 e. The molecule has 2 unspecified atom stereocenters. The Morgan fingerprint density at radius 1 is 0.822 bits per heavy atom. The van der Waals surface area contributed by atoms with E-state index < -0.39 is 42.2 Å². The topological polar surface area (TPSA) is 120 Å². The van der Waals surface area contributed by atoms with Crippen LogP contribution in [0.3, 0.4) is 0 Å². The van der Waals surface area contributed by atoms with Crippen molar-refractivity contribution < 1.29 is 34.1 Å². The molecule has 0 saturated carbocycles. The number of carbonyl (C=O) groups excluding carboxylic acids is 2. The van der Waals surface area contributed by atoms with Crippen LogP contribution in [0.1, 0.15) is 67.8 Å². The highest BCUT2D eigenvalue weighted by Crippen LogP contribution is 2.43. The molecule has 3 N–H and O–H groups in total. The smallest absolute Gasteiger partial charge is 0.305 e. The van der Waals surface area contributed by atoms with E-state index in [1.54, 1.807) is 12.1 Å². The number of halogens is 1. The van der Waals surface area contributed by atoms with Crippen molar-refractivity contribution in [1.82, 2.24) is 9.47 Å². The number of carbonyl (C=O) groups is 3. The third-order valence-corrected chi connectivity index (χ3v) is 7.70. The second-order valence-corrected chi connectivity index (χ2v) is 11.5. The van der Waals surface area contributed by atoms with Crippen molar-refractivity contribution in [2.45, 2.75) is 71.2 Å². The van der Waals surface area contributed by atoms with Crippen molar-refractivity contribution >= 4 is 17.8 Å². The number of aliphatic hydroxyl groups excluding tert-OH is 2. The molecule has 1 aromatic heterocycles. The molecule has 0 bridgehead atoms. The summed E-state index contributed by atoms with van der Waals surface area (Å²) in [4.78, 5) is 39.9. The van der Waals surface area contributed by atoms with Crippen LogP contribution in [0, 0.1) is 5.82 Å². The molecule has 3 aromatic carbocycles. The van der Waals surface area contributed by atoms with Gasteiger partial charge in [0.25, 0.3) is 5.91 Å². The number of nitrogens with zero attached hydrogens (tertiary/aromatic N) is 2. The monoisotopic (exact) mass is 614 g/mol. The first kappa shape index (κ1) is 33.3. The first-order chi connectivity index (χ1) is 21.5. The van der Waals surface area contributed by atoms with E-state index in [2.05, 4.69) is 0 Å². The van der Waals surface area contributed by atoms with Gasteiger partial charge in [-0.1, -0.05) is 72.8 Å². The van der Waals surface area contributed by atoms with Crippen molar-refractivity contribution in [3.8, 4) is 22.3 Å². The van der Waals surface area contributed by atoms with Crippen molar-refractivity contribution in [3.05, 3.63) is 108 Å². The van der Waals surface area contributed by atoms with E-state index in [4.69, 9.17) is 5.11 Å². The summed E-state index contributed by atoms with van der Waals surface area (Å²) in [6.07, 6.45) is -2.46. The van der Waals surface area contributed by atoms with Gasteiger partial charge in [0.05, 0.1) is 25.2 Å². The van der Waals surface area contributed by atoms with Crippen molar-refractivity contribution in [1.29, 1.82) is 0 Å². The standard InChI is InChI=1S/C36H39FN2O6/c1-23(2)39-31(19-18-29(41)20-30(42)21-32(43)44)33(27-14-16-28(37)17-15-27)34(26-12-8-5-9-13-26)35(39)36(45)38(24(3)40)22-25-10-6-4-7-11-25/h4-17,23,29-30,41-42H,18-22H2,1-3H3,(H,43,44). The molecule has 4 aromatic rings. The Morgan fingerprint density at radius 2 is 1.40 bits per heavy atom. The quantitative estimate of drug-likeness (QED) is 0.164. The highest BCUT2D eigenvalue weighted by Gasteiger charge is 2.34. The fourth-order valence-electron chi connectivity index (χ4n) is 5.72. The Labute approximate surface area is 262 Å². The fraction of sp³-hybridized carbons (Fsp3) is 0.306. The van der Waals surface area contributed by atoms with E-state index in [0.717, 1.165) is 11.1 Å². The molecule has 0 saturated heterocycles. The highest BCUT2D eigenvalue weighted by atomic mass is 19.1. The number of hydrogen-bond donors (Lipinski definition) is 3. The molecule has 0 fully saturated rings. The number of aliphatic carboxylic acids is 1. The van der Waals surface area contributed by atoms with Gasteiger partial charge in [-0.15, -0.1) is 0 Å². The molecule has 4 rings (SSSR count). The van der Waals surface area contributed by atoms with Gasteiger partial charge in [-0.3, -0.25) is 19.3 Å². The predicted molar refractivity (Wildman–Crippen MR) is 170 cm³/mol. The molecule has 9 heteroatoms. The zero-order valence-corrected chi connectivity index (χ0v) is 25.7. The molecule has 0 aliphatic heterocycles. The maximum absolute atomic E-state index is 14.6. The Hall–Kier alpha value is -4.60. The van der Waals surface area contributed by atoms with Crippen molar-refractivity contribution in [3.63, 3.8) is 0 Å². The van der Waals surface area contributed by atoms with Crippen LogP contribution in [0.15, 0.2) is 84.9 Å². The summed E-state index contributed by atoms with van der Waals surface area (Å²) in [6.45, 7) is 5.26. The molecule has 0 spiro atoms. The Bertz CT molecular complexity index is 1620. The van der Waals surface area contributed by atoms with Gasteiger partial charge in [-0.05, 0) is 61.9 Å². The zero-order valence-electron chi connectivity index (χ0n) is 25.7. The summed E-state index contributed by atoms with van der Waals surface area (Å²) in [5.41, 5.74) is 4.38. The van der Waals surface area contributed by atoms with Gasteiger partial charge in [0.1, 0.15) is 11.5 Å². The molecule has 0 aliphatic rings. The average molecular weight is 615 g/mol. The first-order valence-corrected chi connectivity index (χ1v) is 15.0. The van der Waals surface area contributed by atoms with Crippen LogP contribution < -0.4 is 0 Å². The molecule has 1 heterocycles. The lowest BCUT2D eigenvalue weighted by atomic mass is 9.92. The Kier molecular flexibility index (Phi) is 11.0. The first-order valence-electron chi connectivity index (χ1n) is 15.0. The molecule has 8 nitrogen and oxygen atoms in total. The van der Waals surface area contributed by atoms with Crippen LogP contribution in [-0.2, 0) is 22.6 Å². The van der Waals surface area contributed by atoms with E-state index in [0.29, 0.717) is 22.4 Å². The van der Waals surface area contributed by atoms with E-state index in [1.165, 1.54) is 24.0 Å². The fourth-order valence-corrected chi connectivity index (χ4v) is 5.72. The summed E-state index contributed by atoms with van der Waals surface area (Å²) < 4.78 is 16.0. The Morgan fingerprint density at radius 3 is 1.96 bits per heavy atom. The lowest BCUT2D eigenvalue weighted by molar-refractivity contribution is -0.139. The minimum atomic E-state index is -1.22. The largest absolute Gasteiger partial charge is 0.481 e. The molecule has 2 atom stereocenters. The molecule has 2 amide bonds. The van der Waals surface area contributed by atoms with Gasteiger partial charge >= 0.3 is 5.97 Å². The van der Waals surface area contributed by atoms with Crippen LogP contribution in [0.4, 0.5) is 4.39 Å². The van der Waals surface area contributed by atoms with Gasteiger partial charge in [0.15, 0.2) is 0 Å². The highest BCUT2D eigenvalue weighted by molar-refractivity contribution is 6.10. The number of carboxylic acid groups (broad SMARTS) is 1. The zero-order chi connectivity index (χ0) is 32.7. The summed E-state index contributed by atoms with van der Waals surface area (Å²) in [5, 5.41) is 30.0. The van der Waals surface area contributed by atoms with Gasteiger partial charge in [-0.2, -0.15) is 0 Å². The second-order valence-electron chi connectivity index (χ2n) is 11.5. The normalized spacial score (nSPS) is 12.6. The summed E-state index contributed by atoms with van der Waals surface area (Å²) in [5.74, 6) is -2.50. The minimum absolute atomic E-state index is 0.0634. The average Bonchev–Trinajstić information content (AvgIpc) is 3.34. The minimum Gasteiger partial charge on any atom is -0.481 e. The van der Waals surface area contributed by atoms with Crippen LogP contribution in [-0.4, -0.2) is 54.8 Å². The van der Waals surface area contributed by atoms with E-state index in [9.17, 15) is 29.0 Å². The number of hydrogen-bond acceptors (Lipinski definition) is 5. The number of carboxylic acids is 1. The SMILES string of the molecule is CC(=O)N(Cc1ccccc1)C(=O)c1c(-c2ccccc2)c(-c2ccc(F)cc2)c(CCC(O)CC(O)CC(=O)O)n1C(C)C. The predicted octanol–water partition coefficient (Wildman–Crippen LogP) is 6.25. The summed E-state index contributed by atoms with van der Waals surface area (Å²) >= 11 is 0. The summed E-state index contributed by atoms with van der Waals surface area (Å²) in [6, 6.07) is 24.2. The lowest BCUT2D eigenvalue weighted by Gasteiger charge is -2.24. The molecule has 45 heavy (non-hydrogen) atoms. The molecule has 236 valence electrons. The van der Waals surface area contributed by atoms with Crippen molar-refractivity contribution in [2.75, 3.05) is 0 Å². The number of aliphatic hydroxyl groups is 2. The van der Waals surface area contributed by atoms with E-state index in [-0.39, 0.29) is 37.5 Å². The van der Waals surface area contributed by atoms with E-state index >= 15 is 0 Å². The van der Waals surface area contributed by atoms with Gasteiger partial charge in [-0.25, -0.2) is 4.39 Å². The van der Waals surface area contributed by atoms with Crippen LogP contribution in [0.5, 0.6) is 0 Å². The lowest BCUT2D eigenvalue weighted by Crippen LogP contribution is -2.36. The van der Waals surface area contributed by atoms with Gasteiger partial charge < -0.3 is 19.9 Å². The number of imide groups is 1. The number of rotatable bonds is 13. The molecular formula is C36H39FN2O6. The number of benzene rings is 3. The summed E-state index contributed by atoms with van der Waals surface area (Å²) in [7, 11) is 0. The third kappa shape index (κ3) is 8.12. The molecule has 0 aliphatic carbocycles. The second kappa shape index (κ2) is 14.9. The van der Waals surface area contributed by atoms with Crippen LogP contribution in [0.25, 0.3) is 22.3 Å². The number of aromatic nitrogens is 1. The van der Waals surface area contributed by atoms with Crippen LogP contribution in [0.2, 0.25) is 0 Å². The Balaban J connectivity index is 1.94.